The Morgan fingerprint density at radius 1 is 1.35 bits per heavy atom. The Morgan fingerprint density at radius 3 is 2.35 bits per heavy atom. The molecule has 0 saturated heterocycles. The average molecular weight is 403 g/mol. The van der Waals surface area contributed by atoms with Gasteiger partial charge in [-0.05, 0) is 37.1 Å². The van der Waals surface area contributed by atoms with E-state index < -0.39 is 26.2 Å². The summed E-state index contributed by atoms with van der Waals surface area (Å²) in [6.45, 7) is 2.51. The molecule has 1 aliphatic carbocycles. The molecule has 11 heteroatoms. The highest BCUT2D eigenvalue weighted by Gasteiger charge is 2.49. The van der Waals surface area contributed by atoms with Gasteiger partial charge in [0.25, 0.3) is 0 Å². The molecule has 2 N–H and O–H groups in total. The Hall–Kier alpha value is -0.800. The van der Waals surface area contributed by atoms with E-state index in [0.29, 0.717) is 11.1 Å². The third-order valence-electron chi connectivity index (χ3n) is 3.32. The molecule has 1 heterocycles. The number of guanidine groups is 1. The van der Waals surface area contributed by atoms with Gasteiger partial charge in [0.05, 0.1) is 6.54 Å². The van der Waals surface area contributed by atoms with Crippen LogP contribution >= 0.6 is 34.8 Å². The lowest BCUT2D eigenvalue weighted by Crippen LogP contribution is -2.54. The first-order chi connectivity index (χ1) is 10.4. The third-order valence-corrected chi connectivity index (χ3v) is 5.04. The van der Waals surface area contributed by atoms with Crippen molar-refractivity contribution in [2.24, 2.45) is 10.7 Å². The zero-order chi connectivity index (χ0) is 17.6. The fraction of sp³-hybridized carbons (Fsp3) is 0.500. The molecule has 0 atom stereocenters. The lowest BCUT2D eigenvalue weighted by molar-refractivity contribution is -0.112. The van der Waals surface area contributed by atoms with Crippen molar-refractivity contribution in [1.29, 1.82) is 0 Å². The van der Waals surface area contributed by atoms with Crippen LogP contribution in [0.15, 0.2) is 28.3 Å². The minimum absolute atomic E-state index is 0.0250. The van der Waals surface area contributed by atoms with Gasteiger partial charge in [0.1, 0.15) is 12.1 Å². The maximum Gasteiger partial charge on any atom is 0.366 e. The summed E-state index contributed by atoms with van der Waals surface area (Å²) in [5.41, 5.74) is 5.24. The first kappa shape index (κ1) is 18.5. The maximum atomic E-state index is 12.5. The van der Waals surface area contributed by atoms with Gasteiger partial charge in [-0.15, -0.1) is 0 Å². The van der Waals surface area contributed by atoms with E-state index in [1.54, 1.807) is 13.8 Å². The van der Waals surface area contributed by atoms with Crippen molar-refractivity contribution in [1.82, 2.24) is 4.31 Å². The molecule has 0 aromatic rings. The zero-order valence-electron chi connectivity index (χ0n) is 12.2. The van der Waals surface area contributed by atoms with Gasteiger partial charge >= 0.3 is 10.3 Å². The van der Waals surface area contributed by atoms with E-state index in [1.165, 1.54) is 12.2 Å². The standard InChI is InChI=1S/C12H14Cl3N3O4S/c1-7-3-11(4-8(2)9(7)19)5-17-10(16)18(11)23(20,21)22-6-12(13,14)15/h3-4H,5-6H2,1-2H3,(H2,16,17). The summed E-state index contributed by atoms with van der Waals surface area (Å²) < 4.78 is 28.6. The van der Waals surface area contributed by atoms with Crippen LogP contribution in [0.2, 0.25) is 0 Å². The summed E-state index contributed by atoms with van der Waals surface area (Å²) >= 11 is 16.6. The highest BCUT2D eigenvalue weighted by molar-refractivity contribution is 7.85. The number of halogens is 3. The Balaban J connectivity index is 2.43. The Kier molecular flexibility index (Phi) is 4.78. The van der Waals surface area contributed by atoms with E-state index in [-0.39, 0.29) is 18.3 Å². The second kappa shape index (κ2) is 5.93. The smallest absolute Gasteiger partial charge is 0.366 e. The van der Waals surface area contributed by atoms with Crippen LogP contribution in [-0.2, 0) is 19.3 Å². The molecule has 0 radical (unpaired) electrons. The summed E-state index contributed by atoms with van der Waals surface area (Å²) in [7, 11) is -4.39. The van der Waals surface area contributed by atoms with Crippen molar-refractivity contribution in [2.75, 3.05) is 13.2 Å². The van der Waals surface area contributed by atoms with Crippen LogP contribution in [0.4, 0.5) is 0 Å². The van der Waals surface area contributed by atoms with Crippen LogP contribution < -0.4 is 5.73 Å². The number of aliphatic imine (C=N–C) groups is 1. The topological polar surface area (TPSA) is 102 Å². The number of hydrogen-bond acceptors (Lipinski definition) is 6. The minimum atomic E-state index is -4.39. The van der Waals surface area contributed by atoms with E-state index in [2.05, 4.69) is 4.99 Å². The normalized spacial score (nSPS) is 21.3. The number of alkyl halides is 3. The first-order valence-corrected chi connectivity index (χ1v) is 8.88. The highest BCUT2D eigenvalue weighted by Crippen LogP contribution is 2.35. The number of allylic oxidation sites excluding steroid dienone is 2. The van der Waals surface area contributed by atoms with Crippen LogP contribution in [0, 0.1) is 0 Å². The molecule has 0 amide bonds. The first-order valence-electron chi connectivity index (χ1n) is 6.38. The molecule has 0 aromatic heterocycles. The monoisotopic (exact) mass is 401 g/mol. The van der Waals surface area contributed by atoms with E-state index in [4.69, 9.17) is 44.7 Å². The molecule has 1 aliphatic heterocycles. The van der Waals surface area contributed by atoms with Gasteiger partial charge < -0.3 is 5.73 Å². The van der Waals surface area contributed by atoms with Crippen LogP contribution in [0.5, 0.6) is 0 Å². The predicted molar refractivity (Wildman–Crippen MR) is 88.7 cm³/mol. The van der Waals surface area contributed by atoms with E-state index in [9.17, 15) is 13.2 Å². The van der Waals surface area contributed by atoms with E-state index in [0.717, 1.165) is 4.31 Å². The van der Waals surface area contributed by atoms with Gasteiger partial charge in [-0.25, -0.2) is 13.5 Å². The number of rotatable bonds is 3. The molecule has 0 bridgehead atoms. The molecule has 2 aliphatic rings. The zero-order valence-corrected chi connectivity index (χ0v) is 15.3. The predicted octanol–water partition coefficient (Wildman–Crippen LogP) is 1.46. The van der Waals surface area contributed by atoms with Gasteiger partial charge in [0.15, 0.2) is 5.78 Å². The molecule has 0 unspecified atom stereocenters. The summed E-state index contributed by atoms with van der Waals surface area (Å²) in [5, 5.41) is 0. The fourth-order valence-electron chi connectivity index (χ4n) is 2.51. The van der Waals surface area contributed by atoms with Crippen LogP contribution in [0.3, 0.4) is 0 Å². The molecule has 7 nitrogen and oxygen atoms in total. The summed E-state index contributed by atoms with van der Waals surface area (Å²) in [6.07, 6.45) is 2.98. The van der Waals surface area contributed by atoms with E-state index in [1.807, 2.05) is 0 Å². The molecule has 128 valence electrons. The number of carbonyl (C=O) groups excluding carboxylic acids is 1. The van der Waals surface area contributed by atoms with Crippen LogP contribution in [0.1, 0.15) is 13.8 Å². The van der Waals surface area contributed by atoms with Crippen LogP contribution in [0.25, 0.3) is 0 Å². The molecule has 1 spiro atoms. The van der Waals surface area contributed by atoms with Crippen LogP contribution in [-0.4, -0.2) is 46.9 Å². The summed E-state index contributed by atoms with van der Waals surface area (Å²) in [5.74, 6) is -0.447. The van der Waals surface area contributed by atoms with Gasteiger partial charge in [-0.3, -0.25) is 4.79 Å². The van der Waals surface area contributed by atoms with Gasteiger partial charge in [-0.1, -0.05) is 34.8 Å². The Bertz CT molecular complexity index is 715. The quantitative estimate of drug-likeness (QED) is 0.720. The number of carbonyl (C=O) groups is 1. The molecule has 0 aromatic carbocycles. The summed E-state index contributed by atoms with van der Waals surface area (Å²) in [6, 6.07) is 0. The van der Waals surface area contributed by atoms with Crippen molar-refractivity contribution in [3.05, 3.63) is 23.3 Å². The molecule has 0 saturated carbocycles. The van der Waals surface area contributed by atoms with Crippen molar-refractivity contribution in [3.8, 4) is 0 Å². The van der Waals surface area contributed by atoms with Crippen molar-refractivity contribution in [3.63, 3.8) is 0 Å². The van der Waals surface area contributed by atoms with Gasteiger partial charge in [0, 0.05) is 0 Å². The molecule has 0 fully saturated rings. The number of hydrogen-bond donors (Lipinski definition) is 1. The maximum absolute atomic E-state index is 12.5. The van der Waals surface area contributed by atoms with Crippen molar-refractivity contribution < 1.29 is 17.4 Å². The van der Waals surface area contributed by atoms with Gasteiger partial charge in [0.2, 0.25) is 9.75 Å². The Labute approximate surface area is 149 Å². The average Bonchev–Trinajstić information content (AvgIpc) is 2.70. The lowest BCUT2D eigenvalue weighted by Gasteiger charge is -2.35. The number of nitrogens with zero attached hydrogens (tertiary/aromatic N) is 2. The van der Waals surface area contributed by atoms with E-state index >= 15 is 0 Å². The third kappa shape index (κ3) is 3.66. The Morgan fingerprint density at radius 2 is 1.87 bits per heavy atom. The fourth-order valence-corrected chi connectivity index (χ4v) is 4.16. The van der Waals surface area contributed by atoms with Crippen molar-refractivity contribution in [2.45, 2.75) is 23.2 Å². The molecule has 23 heavy (non-hydrogen) atoms. The van der Waals surface area contributed by atoms with Gasteiger partial charge in [-0.2, -0.15) is 8.42 Å². The minimum Gasteiger partial charge on any atom is -0.369 e. The highest BCUT2D eigenvalue weighted by atomic mass is 35.6. The van der Waals surface area contributed by atoms with Crippen molar-refractivity contribution >= 4 is 56.8 Å². The second-order valence-electron chi connectivity index (χ2n) is 5.25. The second-order valence-corrected chi connectivity index (χ2v) is 9.22. The molecular formula is C12H14Cl3N3O4S. The SMILES string of the molecule is CC1=CC2(C=C(C)C1=O)CN=C(N)N2S(=O)(=O)OCC(Cl)(Cl)Cl. The molecule has 2 rings (SSSR count). The number of ketones is 1. The number of Topliss-reactive ketones (excluding diaryl/α,β-unsaturated/α-hetero) is 1. The molecular weight excluding hydrogens is 389 g/mol. The number of nitrogens with two attached hydrogens (primary N) is 1. The summed E-state index contributed by atoms with van der Waals surface area (Å²) in [4.78, 5) is 15.9. The largest absolute Gasteiger partial charge is 0.369 e. The lowest BCUT2D eigenvalue weighted by atomic mass is 9.86.